The van der Waals surface area contributed by atoms with Crippen molar-refractivity contribution in [3.05, 3.63) is 48.0 Å². The molecule has 1 saturated heterocycles. The van der Waals surface area contributed by atoms with Crippen molar-refractivity contribution in [1.82, 2.24) is 9.91 Å². The Morgan fingerprint density at radius 3 is 2.37 bits per heavy atom. The number of allylic oxidation sites excluding steroid dienone is 2. The lowest BCUT2D eigenvalue weighted by molar-refractivity contribution is -0.161. The predicted molar refractivity (Wildman–Crippen MR) is 107 cm³/mol. The molecule has 1 aromatic rings. The number of likely N-dealkylation sites (tertiary alicyclic amines) is 1. The standard InChI is InChI=1S/C22H23N3O5/c1-14(25-20(27)16-9-5-6-10-17(16)21(25)28)22(29)30-13-19(26)24-12-11-18(23-24)15-7-3-2-4-8-15/h2-8,14,16-17H,9-13H2,1H3/t14-,16+,17+/m0/s1. The number of ether oxygens (including phenoxy) is 1. The fourth-order valence-corrected chi connectivity index (χ4v) is 4.11. The van der Waals surface area contributed by atoms with Crippen LogP contribution in [0.3, 0.4) is 0 Å². The third kappa shape index (κ3) is 3.65. The number of fused-ring (bicyclic) bond motifs is 1. The number of imide groups is 1. The van der Waals surface area contributed by atoms with Gasteiger partial charge in [0.05, 0.1) is 24.1 Å². The zero-order valence-electron chi connectivity index (χ0n) is 16.7. The molecule has 0 spiro atoms. The fourth-order valence-electron chi connectivity index (χ4n) is 4.11. The molecule has 1 aliphatic carbocycles. The molecule has 3 aliphatic rings. The van der Waals surface area contributed by atoms with Crippen LogP contribution in [0, 0.1) is 11.8 Å². The molecule has 8 nitrogen and oxygen atoms in total. The Bertz CT molecular complexity index is 913. The van der Waals surface area contributed by atoms with Crippen LogP contribution in [0.5, 0.6) is 0 Å². The van der Waals surface area contributed by atoms with Gasteiger partial charge in [-0.25, -0.2) is 9.80 Å². The largest absolute Gasteiger partial charge is 0.454 e. The van der Waals surface area contributed by atoms with Gasteiger partial charge < -0.3 is 4.74 Å². The van der Waals surface area contributed by atoms with Crippen LogP contribution >= 0.6 is 0 Å². The van der Waals surface area contributed by atoms with Crippen LogP contribution in [0.2, 0.25) is 0 Å². The van der Waals surface area contributed by atoms with Gasteiger partial charge >= 0.3 is 5.97 Å². The molecule has 30 heavy (non-hydrogen) atoms. The van der Waals surface area contributed by atoms with Gasteiger partial charge in [-0.05, 0) is 25.3 Å². The number of hydrazone groups is 1. The summed E-state index contributed by atoms with van der Waals surface area (Å²) in [5.41, 5.74) is 1.74. The molecule has 0 N–H and O–H groups in total. The SMILES string of the molecule is C[C@@H](C(=O)OCC(=O)N1CCC(c2ccccc2)=N1)N1C(=O)[C@@H]2CC=CC[C@H]2C1=O. The first-order chi connectivity index (χ1) is 14.5. The molecule has 0 unspecified atom stereocenters. The summed E-state index contributed by atoms with van der Waals surface area (Å²) in [6, 6.07) is 8.49. The zero-order chi connectivity index (χ0) is 21.3. The molecule has 2 heterocycles. The second-order valence-corrected chi connectivity index (χ2v) is 7.67. The fraction of sp³-hybridized carbons (Fsp3) is 0.409. The van der Waals surface area contributed by atoms with Crippen LogP contribution in [-0.2, 0) is 23.9 Å². The Morgan fingerprint density at radius 2 is 1.73 bits per heavy atom. The van der Waals surface area contributed by atoms with Gasteiger partial charge in [0.15, 0.2) is 6.61 Å². The molecule has 4 rings (SSSR count). The van der Waals surface area contributed by atoms with Gasteiger partial charge in [-0.2, -0.15) is 5.10 Å². The molecule has 0 aromatic heterocycles. The van der Waals surface area contributed by atoms with Crippen molar-refractivity contribution in [3.8, 4) is 0 Å². The maximum atomic E-state index is 12.6. The van der Waals surface area contributed by atoms with E-state index in [0.29, 0.717) is 25.8 Å². The van der Waals surface area contributed by atoms with E-state index in [1.54, 1.807) is 0 Å². The van der Waals surface area contributed by atoms with Crippen LogP contribution in [0.4, 0.5) is 0 Å². The molecule has 0 radical (unpaired) electrons. The molecular formula is C22H23N3O5. The highest BCUT2D eigenvalue weighted by Gasteiger charge is 2.50. The first kappa shape index (κ1) is 20.0. The second-order valence-electron chi connectivity index (χ2n) is 7.67. The Balaban J connectivity index is 1.33. The lowest BCUT2D eigenvalue weighted by Gasteiger charge is -2.21. The van der Waals surface area contributed by atoms with E-state index in [0.717, 1.165) is 16.2 Å². The van der Waals surface area contributed by atoms with Gasteiger partial charge in [0, 0.05) is 6.42 Å². The number of benzene rings is 1. The molecule has 0 bridgehead atoms. The molecule has 3 amide bonds. The number of nitrogens with zero attached hydrogens (tertiary/aromatic N) is 3. The van der Waals surface area contributed by atoms with Gasteiger partial charge in [-0.15, -0.1) is 0 Å². The Hall–Kier alpha value is -3.29. The van der Waals surface area contributed by atoms with Gasteiger partial charge in [-0.3, -0.25) is 19.3 Å². The van der Waals surface area contributed by atoms with Crippen molar-refractivity contribution in [1.29, 1.82) is 0 Å². The van der Waals surface area contributed by atoms with E-state index in [1.165, 1.54) is 11.9 Å². The predicted octanol–water partition coefficient (Wildman–Crippen LogP) is 1.51. The van der Waals surface area contributed by atoms with E-state index in [9.17, 15) is 19.2 Å². The maximum absolute atomic E-state index is 12.6. The second kappa shape index (κ2) is 8.22. The quantitative estimate of drug-likeness (QED) is 0.417. The molecule has 0 saturated carbocycles. The van der Waals surface area contributed by atoms with E-state index >= 15 is 0 Å². The maximum Gasteiger partial charge on any atom is 0.329 e. The van der Waals surface area contributed by atoms with Crippen LogP contribution in [-0.4, -0.2) is 58.5 Å². The van der Waals surface area contributed by atoms with E-state index < -0.39 is 36.4 Å². The molecular weight excluding hydrogens is 386 g/mol. The van der Waals surface area contributed by atoms with Crippen molar-refractivity contribution in [2.24, 2.45) is 16.9 Å². The van der Waals surface area contributed by atoms with Crippen molar-refractivity contribution in [2.75, 3.05) is 13.2 Å². The summed E-state index contributed by atoms with van der Waals surface area (Å²) < 4.78 is 5.12. The summed E-state index contributed by atoms with van der Waals surface area (Å²) in [5.74, 6) is -2.73. The molecule has 2 aliphatic heterocycles. The van der Waals surface area contributed by atoms with Gasteiger partial charge in [-0.1, -0.05) is 42.5 Å². The minimum absolute atomic E-state index is 0.346. The highest BCUT2D eigenvalue weighted by molar-refractivity contribution is 6.08. The molecule has 156 valence electrons. The average molecular weight is 409 g/mol. The van der Waals surface area contributed by atoms with Crippen molar-refractivity contribution in [2.45, 2.75) is 32.2 Å². The number of carbonyl (C=O) groups is 4. The smallest absolute Gasteiger partial charge is 0.329 e. The van der Waals surface area contributed by atoms with Crippen molar-refractivity contribution >= 4 is 29.4 Å². The highest BCUT2D eigenvalue weighted by atomic mass is 16.5. The normalized spacial score (nSPS) is 24.0. The molecule has 3 atom stereocenters. The first-order valence-corrected chi connectivity index (χ1v) is 10.1. The average Bonchev–Trinajstić information content (AvgIpc) is 3.36. The van der Waals surface area contributed by atoms with Gasteiger partial charge in [0.2, 0.25) is 11.8 Å². The van der Waals surface area contributed by atoms with Crippen molar-refractivity contribution < 1.29 is 23.9 Å². The highest BCUT2D eigenvalue weighted by Crippen LogP contribution is 2.36. The Kier molecular flexibility index (Phi) is 5.48. The topological polar surface area (TPSA) is 96.3 Å². The summed E-state index contributed by atoms with van der Waals surface area (Å²) in [4.78, 5) is 51.0. The molecule has 1 fully saturated rings. The van der Waals surface area contributed by atoms with E-state index in [1.807, 2.05) is 42.5 Å². The number of esters is 1. The number of hydrogen-bond acceptors (Lipinski definition) is 6. The van der Waals surface area contributed by atoms with Crippen LogP contribution in [0.1, 0.15) is 31.7 Å². The summed E-state index contributed by atoms with van der Waals surface area (Å²) in [6.45, 7) is 1.38. The third-order valence-corrected chi connectivity index (χ3v) is 5.80. The van der Waals surface area contributed by atoms with Gasteiger partial charge in [0.25, 0.3) is 5.91 Å². The van der Waals surface area contributed by atoms with Crippen LogP contribution in [0.15, 0.2) is 47.6 Å². The summed E-state index contributed by atoms with van der Waals surface area (Å²) in [5, 5.41) is 5.60. The van der Waals surface area contributed by atoms with Crippen molar-refractivity contribution in [3.63, 3.8) is 0 Å². The minimum atomic E-state index is -1.06. The summed E-state index contributed by atoms with van der Waals surface area (Å²) in [7, 11) is 0. The molecule has 8 heteroatoms. The lowest BCUT2D eigenvalue weighted by atomic mass is 9.85. The Morgan fingerprint density at radius 1 is 1.10 bits per heavy atom. The Labute approximate surface area is 174 Å². The summed E-state index contributed by atoms with van der Waals surface area (Å²) >= 11 is 0. The van der Waals surface area contributed by atoms with E-state index in [-0.39, 0.29) is 11.8 Å². The number of hydrogen-bond donors (Lipinski definition) is 0. The number of carbonyl (C=O) groups excluding carboxylic acids is 4. The van der Waals surface area contributed by atoms with E-state index in [2.05, 4.69) is 5.10 Å². The third-order valence-electron chi connectivity index (χ3n) is 5.80. The number of rotatable bonds is 5. The zero-order valence-corrected chi connectivity index (χ0v) is 16.7. The minimum Gasteiger partial charge on any atom is -0.454 e. The van der Waals surface area contributed by atoms with Crippen LogP contribution < -0.4 is 0 Å². The van der Waals surface area contributed by atoms with E-state index in [4.69, 9.17) is 4.74 Å². The summed E-state index contributed by atoms with van der Waals surface area (Å²) in [6.07, 6.45) is 5.40. The monoisotopic (exact) mass is 409 g/mol. The van der Waals surface area contributed by atoms with Crippen LogP contribution in [0.25, 0.3) is 0 Å². The molecule has 1 aromatic carbocycles. The van der Waals surface area contributed by atoms with Gasteiger partial charge in [0.1, 0.15) is 6.04 Å². The lowest BCUT2D eigenvalue weighted by Crippen LogP contribution is -2.45. The first-order valence-electron chi connectivity index (χ1n) is 10.1. The number of amides is 3.